The van der Waals surface area contributed by atoms with Crippen LogP contribution >= 0.6 is 11.6 Å². The summed E-state index contributed by atoms with van der Waals surface area (Å²) in [5.41, 5.74) is 0.462. The van der Waals surface area contributed by atoms with Gasteiger partial charge in [0.15, 0.2) is 0 Å². The van der Waals surface area contributed by atoms with Gasteiger partial charge in [0.25, 0.3) is 0 Å². The number of amides is 2. The second kappa shape index (κ2) is 6.58. The summed E-state index contributed by atoms with van der Waals surface area (Å²) < 4.78 is 5.02. The molecule has 1 aromatic rings. The molecule has 1 aromatic carbocycles. The number of nitrogens with one attached hydrogen (secondary N) is 2. The van der Waals surface area contributed by atoms with Gasteiger partial charge >= 0.3 is 11.8 Å². The summed E-state index contributed by atoms with van der Waals surface area (Å²) in [6.07, 6.45) is 0. The number of ether oxygens (including phenoxy) is 1. The number of halogens is 1. The Kier molecular flexibility index (Phi) is 4.81. The minimum absolute atomic E-state index is 0.375. The van der Waals surface area contributed by atoms with Gasteiger partial charge < -0.3 is 20.3 Å². The summed E-state index contributed by atoms with van der Waals surface area (Å²) in [5.74, 6) is -0.676. The van der Waals surface area contributed by atoms with Crippen molar-refractivity contribution >= 4 is 29.1 Å². The van der Waals surface area contributed by atoms with Gasteiger partial charge in [0.05, 0.1) is 12.1 Å². The Morgan fingerprint density at radius 2 is 2.05 bits per heavy atom. The summed E-state index contributed by atoms with van der Waals surface area (Å²) in [6.45, 7) is 2.48. The molecule has 1 aliphatic heterocycles. The van der Waals surface area contributed by atoms with E-state index in [4.69, 9.17) is 16.3 Å². The Hall–Kier alpha value is -1.79. The van der Waals surface area contributed by atoms with Gasteiger partial charge in [-0.3, -0.25) is 9.59 Å². The second-order valence-corrected chi connectivity index (χ2v) is 4.75. The average Bonchev–Trinajstić information content (AvgIpc) is 2.47. The molecule has 0 aliphatic carbocycles. The van der Waals surface area contributed by atoms with Gasteiger partial charge in [0.1, 0.15) is 5.75 Å². The first-order chi connectivity index (χ1) is 9.61. The Morgan fingerprint density at radius 1 is 1.35 bits per heavy atom. The Morgan fingerprint density at radius 3 is 2.65 bits per heavy atom. The molecule has 20 heavy (non-hydrogen) atoms. The van der Waals surface area contributed by atoms with Gasteiger partial charge in [-0.2, -0.15) is 0 Å². The molecule has 6 nitrogen and oxygen atoms in total. The summed E-state index contributed by atoms with van der Waals surface area (Å²) in [7, 11) is 1.51. The number of carbonyl (C=O) groups is 2. The fourth-order valence-corrected chi connectivity index (χ4v) is 2.20. The number of benzene rings is 1. The lowest BCUT2D eigenvalue weighted by Crippen LogP contribution is -2.49. The van der Waals surface area contributed by atoms with Crippen molar-refractivity contribution in [1.29, 1.82) is 0 Å². The van der Waals surface area contributed by atoms with Crippen LogP contribution in [-0.4, -0.2) is 50.0 Å². The smallest absolute Gasteiger partial charge is 0.313 e. The maximum Gasteiger partial charge on any atom is 0.313 e. The Bertz CT molecular complexity index is 516. The molecule has 1 aliphatic rings. The van der Waals surface area contributed by atoms with E-state index >= 15 is 0 Å². The van der Waals surface area contributed by atoms with Crippen molar-refractivity contribution in [3.63, 3.8) is 0 Å². The SMILES string of the molecule is COc1ccc(NC(=O)C(=O)N2CCNCC2)cc1Cl. The number of hydrogen-bond donors (Lipinski definition) is 2. The van der Waals surface area contributed by atoms with Crippen LogP contribution < -0.4 is 15.4 Å². The monoisotopic (exact) mass is 297 g/mol. The first-order valence-electron chi connectivity index (χ1n) is 6.26. The fraction of sp³-hybridized carbons (Fsp3) is 0.385. The molecular formula is C13H16ClN3O3. The van der Waals surface area contributed by atoms with E-state index in [0.717, 1.165) is 0 Å². The normalized spacial score (nSPS) is 14.8. The molecule has 0 saturated carbocycles. The van der Waals surface area contributed by atoms with E-state index in [2.05, 4.69) is 10.6 Å². The van der Waals surface area contributed by atoms with Crippen LogP contribution in [0.1, 0.15) is 0 Å². The van der Waals surface area contributed by atoms with Crippen molar-refractivity contribution in [3.05, 3.63) is 23.2 Å². The minimum Gasteiger partial charge on any atom is -0.495 e. The van der Waals surface area contributed by atoms with E-state index in [1.165, 1.54) is 12.0 Å². The molecule has 0 unspecified atom stereocenters. The lowest BCUT2D eigenvalue weighted by atomic mass is 10.3. The van der Waals surface area contributed by atoms with Crippen LogP contribution in [0.15, 0.2) is 18.2 Å². The third-order valence-electron chi connectivity index (χ3n) is 3.01. The summed E-state index contributed by atoms with van der Waals surface area (Å²) in [5, 5.41) is 6.04. The van der Waals surface area contributed by atoms with Crippen molar-refractivity contribution in [2.45, 2.75) is 0 Å². The molecule has 1 fully saturated rings. The third-order valence-corrected chi connectivity index (χ3v) is 3.30. The second-order valence-electron chi connectivity index (χ2n) is 4.35. The van der Waals surface area contributed by atoms with Crippen LogP contribution in [0.25, 0.3) is 0 Å². The predicted molar refractivity (Wildman–Crippen MR) is 76.1 cm³/mol. The van der Waals surface area contributed by atoms with E-state index in [9.17, 15) is 9.59 Å². The first kappa shape index (κ1) is 14.6. The summed E-state index contributed by atoms with van der Waals surface area (Å²) in [6, 6.07) is 4.81. The largest absolute Gasteiger partial charge is 0.495 e. The zero-order chi connectivity index (χ0) is 14.5. The highest BCUT2D eigenvalue weighted by atomic mass is 35.5. The molecule has 0 bridgehead atoms. The Labute approximate surface area is 122 Å². The number of methoxy groups -OCH3 is 1. The zero-order valence-corrected chi connectivity index (χ0v) is 11.9. The van der Waals surface area contributed by atoms with E-state index in [1.807, 2.05) is 0 Å². The number of anilines is 1. The third kappa shape index (κ3) is 3.40. The summed E-state index contributed by atoms with van der Waals surface area (Å²) in [4.78, 5) is 25.3. The van der Waals surface area contributed by atoms with Crippen LogP contribution in [0.4, 0.5) is 5.69 Å². The molecule has 2 N–H and O–H groups in total. The molecule has 2 amide bonds. The molecule has 1 heterocycles. The van der Waals surface area contributed by atoms with Gasteiger partial charge in [-0.05, 0) is 18.2 Å². The van der Waals surface area contributed by atoms with E-state index in [1.54, 1.807) is 18.2 Å². The quantitative estimate of drug-likeness (QED) is 0.789. The van der Waals surface area contributed by atoms with E-state index in [0.29, 0.717) is 42.6 Å². The van der Waals surface area contributed by atoms with E-state index < -0.39 is 11.8 Å². The van der Waals surface area contributed by atoms with Crippen LogP contribution in [0.3, 0.4) is 0 Å². The van der Waals surface area contributed by atoms with Crippen molar-refractivity contribution < 1.29 is 14.3 Å². The average molecular weight is 298 g/mol. The van der Waals surface area contributed by atoms with Crippen molar-refractivity contribution in [1.82, 2.24) is 10.2 Å². The van der Waals surface area contributed by atoms with E-state index in [-0.39, 0.29) is 0 Å². The number of nitrogens with zero attached hydrogens (tertiary/aromatic N) is 1. The first-order valence-corrected chi connectivity index (χ1v) is 6.64. The van der Waals surface area contributed by atoms with Crippen molar-refractivity contribution in [2.75, 3.05) is 38.6 Å². The van der Waals surface area contributed by atoms with Crippen LogP contribution in [0, 0.1) is 0 Å². The van der Waals surface area contributed by atoms with Gasteiger partial charge in [0, 0.05) is 31.9 Å². The number of carbonyl (C=O) groups excluding carboxylic acids is 2. The lowest BCUT2D eigenvalue weighted by molar-refractivity contribution is -0.143. The molecular weight excluding hydrogens is 282 g/mol. The molecule has 0 radical (unpaired) electrons. The Balaban J connectivity index is 2.00. The fourth-order valence-electron chi connectivity index (χ4n) is 1.94. The standard InChI is InChI=1S/C13H16ClN3O3/c1-20-11-3-2-9(8-10(11)14)16-12(18)13(19)17-6-4-15-5-7-17/h2-3,8,15H,4-7H2,1H3,(H,16,18). The number of rotatable bonds is 2. The van der Waals surface area contributed by atoms with Gasteiger partial charge in [-0.25, -0.2) is 0 Å². The maximum atomic E-state index is 11.9. The van der Waals surface area contributed by atoms with Crippen LogP contribution in [0.2, 0.25) is 5.02 Å². The van der Waals surface area contributed by atoms with Crippen LogP contribution in [0.5, 0.6) is 5.75 Å². The lowest BCUT2D eigenvalue weighted by Gasteiger charge is -2.26. The highest BCUT2D eigenvalue weighted by Gasteiger charge is 2.23. The topological polar surface area (TPSA) is 70.7 Å². The van der Waals surface area contributed by atoms with Gasteiger partial charge in [0.2, 0.25) is 0 Å². The summed E-state index contributed by atoms with van der Waals surface area (Å²) >= 11 is 5.96. The highest BCUT2D eigenvalue weighted by Crippen LogP contribution is 2.27. The molecule has 108 valence electrons. The number of hydrogen-bond acceptors (Lipinski definition) is 4. The molecule has 1 saturated heterocycles. The van der Waals surface area contributed by atoms with Gasteiger partial charge in [-0.15, -0.1) is 0 Å². The molecule has 7 heteroatoms. The molecule has 0 spiro atoms. The molecule has 2 rings (SSSR count). The van der Waals surface area contributed by atoms with Crippen molar-refractivity contribution in [3.8, 4) is 5.75 Å². The minimum atomic E-state index is -0.659. The zero-order valence-electron chi connectivity index (χ0n) is 11.1. The maximum absolute atomic E-state index is 11.9. The highest BCUT2D eigenvalue weighted by molar-refractivity contribution is 6.39. The predicted octanol–water partition coefficient (Wildman–Crippen LogP) is 0.719. The molecule has 0 atom stereocenters. The number of piperazine rings is 1. The van der Waals surface area contributed by atoms with Gasteiger partial charge in [-0.1, -0.05) is 11.6 Å². The van der Waals surface area contributed by atoms with Crippen molar-refractivity contribution in [2.24, 2.45) is 0 Å². The van der Waals surface area contributed by atoms with Crippen LogP contribution in [-0.2, 0) is 9.59 Å². The molecule has 0 aromatic heterocycles.